The highest BCUT2D eigenvalue weighted by Crippen LogP contribution is 2.28. The van der Waals surface area contributed by atoms with Gasteiger partial charge in [0.05, 0.1) is 11.5 Å². The number of nitro benzene ring substituents is 1. The molecule has 1 heterocycles. The fourth-order valence-corrected chi connectivity index (χ4v) is 1.83. The summed E-state index contributed by atoms with van der Waals surface area (Å²) in [5.74, 6) is 0.0540. The summed E-state index contributed by atoms with van der Waals surface area (Å²) < 4.78 is 10.3. The Balaban J connectivity index is 2.33. The van der Waals surface area contributed by atoms with Gasteiger partial charge >= 0.3 is 5.97 Å². The normalized spacial score (nSPS) is 10.3. The van der Waals surface area contributed by atoms with Crippen molar-refractivity contribution in [3.8, 4) is 11.3 Å². The third-order valence-corrected chi connectivity index (χ3v) is 2.77. The first kappa shape index (κ1) is 13.8. The summed E-state index contributed by atoms with van der Waals surface area (Å²) in [7, 11) is 0. The van der Waals surface area contributed by atoms with Crippen molar-refractivity contribution in [1.82, 2.24) is 0 Å². The molecule has 0 saturated carbocycles. The fraction of sp³-hybridized carbons (Fsp3) is 0.214. The second kappa shape index (κ2) is 5.56. The quantitative estimate of drug-likeness (QED) is 0.485. The zero-order valence-electron chi connectivity index (χ0n) is 11.1. The van der Waals surface area contributed by atoms with E-state index in [0.29, 0.717) is 16.9 Å². The molecule has 0 aliphatic rings. The molecule has 2 aromatic rings. The molecule has 0 aliphatic heterocycles. The monoisotopic (exact) mass is 275 g/mol. The molecule has 0 atom stereocenters. The van der Waals surface area contributed by atoms with E-state index in [1.807, 2.05) is 0 Å². The van der Waals surface area contributed by atoms with Crippen molar-refractivity contribution in [3.05, 3.63) is 51.8 Å². The van der Waals surface area contributed by atoms with E-state index in [-0.39, 0.29) is 18.1 Å². The maximum atomic E-state index is 11.5. The van der Waals surface area contributed by atoms with Crippen LogP contribution in [0.15, 0.2) is 34.7 Å². The highest BCUT2D eigenvalue weighted by atomic mass is 16.6. The lowest BCUT2D eigenvalue weighted by Gasteiger charge is -2.02. The van der Waals surface area contributed by atoms with E-state index in [0.717, 1.165) is 0 Å². The molecule has 0 radical (unpaired) electrons. The molecule has 0 saturated heterocycles. The van der Waals surface area contributed by atoms with Crippen LogP contribution in [0, 0.1) is 17.0 Å². The summed E-state index contributed by atoms with van der Waals surface area (Å²) in [5, 5.41) is 10.7. The average molecular weight is 275 g/mol. The number of ether oxygens (including phenoxy) is 1. The number of esters is 1. The summed E-state index contributed by atoms with van der Waals surface area (Å²) in [6, 6.07) is 7.62. The van der Waals surface area contributed by atoms with E-state index in [1.54, 1.807) is 26.0 Å². The fourth-order valence-electron chi connectivity index (χ4n) is 1.83. The Labute approximate surface area is 115 Å². The number of rotatable bonds is 4. The van der Waals surface area contributed by atoms with Crippen LogP contribution in [0.4, 0.5) is 5.69 Å². The van der Waals surface area contributed by atoms with Crippen molar-refractivity contribution in [1.29, 1.82) is 0 Å². The van der Waals surface area contributed by atoms with Crippen LogP contribution in [-0.2, 0) is 4.74 Å². The number of hydrogen-bond donors (Lipinski definition) is 0. The van der Waals surface area contributed by atoms with E-state index < -0.39 is 10.9 Å². The van der Waals surface area contributed by atoms with Crippen LogP contribution in [0.2, 0.25) is 0 Å². The summed E-state index contributed by atoms with van der Waals surface area (Å²) in [6.07, 6.45) is 0. The molecule has 0 unspecified atom stereocenters. The van der Waals surface area contributed by atoms with Crippen molar-refractivity contribution in [2.75, 3.05) is 6.61 Å². The third-order valence-electron chi connectivity index (χ3n) is 2.77. The van der Waals surface area contributed by atoms with E-state index >= 15 is 0 Å². The van der Waals surface area contributed by atoms with Gasteiger partial charge in [-0.3, -0.25) is 10.1 Å². The van der Waals surface area contributed by atoms with Gasteiger partial charge < -0.3 is 9.15 Å². The molecular formula is C14H13NO5. The lowest BCUT2D eigenvalue weighted by Crippen LogP contribution is -2.02. The number of furan rings is 1. The molecule has 0 fully saturated rings. The topological polar surface area (TPSA) is 82.6 Å². The summed E-state index contributed by atoms with van der Waals surface area (Å²) in [6.45, 7) is 3.72. The minimum atomic E-state index is -0.529. The molecule has 0 spiro atoms. The number of non-ortho nitro benzene ring substituents is 1. The van der Waals surface area contributed by atoms with Crippen LogP contribution in [0.1, 0.15) is 23.0 Å². The number of hydrogen-bond acceptors (Lipinski definition) is 5. The summed E-state index contributed by atoms with van der Waals surface area (Å²) in [5.41, 5.74) is 1.42. The lowest BCUT2D eigenvalue weighted by molar-refractivity contribution is -0.384. The van der Waals surface area contributed by atoms with Gasteiger partial charge in [0.1, 0.15) is 5.76 Å². The van der Waals surface area contributed by atoms with E-state index in [4.69, 9.17) is 9.15 Å². The van der Waals surface area contributed by atoms with Gasteiger partial charge in [0, 0.05) is 17.7 Å². The minimum Gasteiger partial charge on any atom is -0.460 e. The van der Waals surface area contributed by atoms with Gasteiger partial charge in [-0.05, 0) is 37.6 Å². The zero-order valence-corrected chi connectivity index (χ0v) is 11.1. The maximum absolute atomic E-state index is 11.5. The second-order valence-corrected chi connectivity index (χ2v) is 4.14. The molecule has 104 valence electrons. The number of carbonyl (C=O) groups is 1. The maximum Gasteiger partial charge on any atom is 0.374 e. The van der Waals surface area contributed by atoms with Gasteiger partial charge in [0.25, 0.3) is 5.69 Å². The molecule has 0 amide bonds. The van der Waals surface area contributed by atoms with Crippen molar-refractivity contribution in [2.24, 2.45) is 0 Å². The Morgan fingerprint density at radius 3 is 2.70 bits per heavy atom. The van der Waals surface area contributed by atoms with Gasteiger partial charge in [0.2, 0.25) is 5.76 Å². The zero-order chi connectivity index (χ0) is 14.7. The van der Waals surface area contributed by atoms with Crippen molar-refractivity contribution in [3.63, 3.8) is 0 Å². The molecule has 1 aromatic carbocycles. The molecule has 1 aromatic heterocycles. The molecular weight excluding hydrogens is 262 g/mol. The third kappa shape index (κ3) is 2.69. The first-order valence-electron chi connectivity index (χ1n) is 6.05. The predicted molar refractivity (Wildman–Crippen MR) is 71.5 cm³/mol. The molecule has 0 aliphatic carbocycles. The van der Waals surface area contributed by atoms with Crippen molar-refractivity contribution < 1.29 is 18.9 Å². The molecule has 2 rings (SSSR count). The van der Waals surface area contributed by atoms with Crippen molar-refractivity contribution in [2.45, 2.75) is 13.8 Å². The highest BCUT2D eigenvalue weighted by molar-refractivity contribution is 5.87. The van der Waals surface area contributed by atoms with Crippen LogP contribution in [0.25, 0.3) is 11.3 Å². The number of carbonyl (C=O) groups excluding carboxylic acids is 1. The minimum absolute atomic E-state index is 0.0171. The Morgan fingerprint density at radius 2 is 2.10 bits per heavy atom. The lowest BCUT2D eigenvalue weighted by atomic mass is 10.1. The SMILES string of the molecule is CCOC(=O)c1ccc(-c2ccc([N+](=O)[O-])cc2C)o1. The van der Waals surface area contributed by atoms with Gasteiger partial charge in [-0.25, -0.2) is 4.79 Å². The van der Waals surface area contributed by atoms with Crippen LogP contribution in [0.5, 0.6) is 0 Å². The number of nitro groups is 1. The summed E-state index contributed by atoms with van der Waals surface area (Å²) in [4.78, 5) is 21.7. The highest BCUT2D eigenvalue weighted by Gasteiger charge is 2.15. The largest absolute Gasteiger partial charge is 0.460 e. The first-order valence-corrected chi connectivity index (χ1v) is 6.05. The van der Waals surface area contributed by atoms with Crippen LogP contribution in [-0.4, -0.2) is 17.5 Å². The van der Waals surface area contributed by atoms with Crippen molar-refractivity contribution >= 4 is 11.7 Å². The van der Waals surface area contributed by atoms with Gasteiger partial charge in [-0.15, -0.1) is 0 Å². The van der Waals surface area contributed by atoms with Crippen LogP contribution >= 0.6 is 0 Å². The first-order chi connectivity index (χ1) is 9.52. The van der Waals surface area contributed by atoms with E-state index in [9.17, 15) is 14.9 Å². The predicted octanol–water partition coefficient (Wildman–Crippen LogP) is 3.34. The summed E-state index contributed by atoms with van der Waals surface area (Å²) >= 11 is 0. The molecule has 0 N–H and O–H groups in total. The molecule has 6 heteroatoms. The smallest absolute Gasteiger partial charge is 0.374 e. The Kier molecular flexibility index (Phi) is 3.84. The standard InChI is InChI=1S/C14H13NO5/c1-3-19-14(16)13-7-6-12(20-13)11-5-4-10(15(17)18)8-9(11)2/h4-8H,3H2,1-2H3. The van der Waals surface area contributed by atoms with Gasteiger partial charge in [-0.2, -0.15) is 0 Å². The van der Waals surface area contributed by atoms with E-state index in [2.05, 4.69) is 0 Å². The Hall–Kier alpha value is -2.63. The van der Waals surface area contributed by atoms with Crippen LogP contribution in [0.3, 0.4) is 0 Å². The second-order valence-electron chi connectivity index (χ2n) is 4.14. The Bertz CT molecular complexity index is 659. The molecule has 0 bridgehead atoms. The number of nitrogens with zero attached hydrogens (tertiary/aromatic N) is 1. The van der Waals surface area contributed by atoms with Crippen LogP contribution < -0.4 is 0 Å². The number of aryl methyl sites for hydroxylation is 1. The number of benzene rings is 1. The Morgan fingerprint density at radius 1 is 1.35 bits per heavy atom. The van der Waals surface area contributed by atoms with Gasteiger partial charge in [-0.1, -0.05) is 0 Å². The molecule has 6 nitrogen and oxygen atoms in total. The average Bonchev–Trinajstić information content (AvgIpc) is 2.88. The van der Waals surface area contributed by atoms with Gasteiger partial charge in [0.15, 0.2) is 0 Å². The van der Waals surface area contributed by atoms with E-state index in [1.165, 1.54) is 18.2 Å². The molecule has 20 heavy (non-hydrogen) atoms.